The molecule has 4 N–H and O–H groups in total. The van der Waals surface area contributed by atoms with Crippen molar-refractivity contribution in [2.45, 2.75) is 23.3 Å². The fourth-order valence-electron chi connectivity index (χ4n) is 2.12. The Morgan fingerprint density at radius 2 is 2.22 bits per heavy atom. The summed E-state index contributed by atoms with van der Waals surface area (Å²) in [5.74, 6) is 0. The quantitative estimate of drug-likeness (QED) is 0.660. The molecule has 0 saturated carbocycles. The predicted octanol–water partition coefficient (Wildman–Crippen LogP) is -0.889. The van der Waals surface area contributed by atoms with Crippen molar-refractivity contribution in [2.75, 3.05) is 26.7 Å². The topological polar surface area (TPSA) is 104 Å². The third-order valence-electron chi connectivity index (χ3n) is 3.47. The molecule has 2 rings (SSSR count). The van der Waals surface area contributed by atoms with E-state index in [2.05, 4.69) is 19.8 Å². The molecule has 0 spiro atoms. The molecule has 1 aromatic heterocycles. The van der Waals surface area contributed by atoms with Gasteiger partial charge in [-0.3, -0.25) is 5.10 Å². The van der Waals surface area contributed by atoms with Gasteiger partial charge in [0.25, 0.3) is 0 Å². The van der Waals surface area contributed by atoms with E-state index in [1.165, 1.54) is 12.4 Å². The molecular weight excluding hydrogens is 254 g/mol. The van der Waals surface area contributed by atoms with E-state index in [0.717, 1.165) is 25.9 Å². The summed E-state index contributed by atoms with van der Waals surface area (Å²) in [6.07, 6.45) is 4.09. The van der Waals surface area contributed by atoms with Gasteiger partial charge in [-0.05, 0) is 33.0 Å². The molecule has 2 heterocycles. The zero-order valence-corrected chi connectivity index (χ0v) is 11.2. The van der Waals surface area contributed by atoms with Gasteiger partial charge in [0.05, 0.1) is 6.20 Å². The first kappa shape index (κ1) is 13.5. The SMILES string of the molecule is CN1CCC(CN)(NS(=O)(=O)c2cn[nH]c2)CC1. The molecule has 18 heavy (non-hydrogen) atoms. The maximum atomic E-state index is 12.2. The molecule has 0 bridgehead atoms. The number of nitrogens with zero attached hydrogens (tertiary/aromatic N) is 2. The highest BCUT2D eigenvalue weighted by atomic mass is 32.2. The number of H-pyrrole nitrogens is 1. The van der Waals surface area contributed by atoms with Crippen LogP contribution in [0.4, 0.5) is 0 Å². The zero-order valence-electron chi connectivity index (χ0n) is 10.4. The van der Waals surface area contributed by atoms with E-state index in [9.17, 15) is 8.42 Å². The van der Waals surface area contributed by atoms with Crippen molar-refractivity contribution < 1.29 is 8.42 Å². The number of nitrogens with two attached hydrogens (primary N) is 1. The Hall–Kier alpha value is -0.960. The number of nitrogens with one attached hydrogen (secondary N) is 2. The lowest BCUT2D eigenvalue weighted by molar-refractivity contribution is 0.182. The van der Waals surface area contributed by atoms with Crippen LogP contribution in [0.15, 0.2) is 17.3 Å². The van der Waals surface area contributed by atoms with Crippen molar-refractivity contribution in [1.29, 1.82) is 0 Å². The van der Waals surface area contributed by atoms with E-state index in [1.54, 1.807) is 0 Å². The molecular formula is C10H19N5O2S. The second-order valence-electron chi connectivity index (χ2n) is 4.83. The summed E-state index contributed by atoms with van der Waals surface area (Å²) in [5, 5.41) is 6.16. The number of rotatable bonds is 4. The van der Waals surface area contributed by atoms with Crippen LogP contribution in [0.5, 0.6) is 0 Å². The standard InChI is InChI=1S/C10H19N5O2S/c1-15-4-2-10(8-11,3-5-15)14-18(16,17)9-6-12-13-7-9/h6-7,14H,2-5,8,11H2,1H3,(H,12,13). The van der Waals surface area contributed by atoms with Crippen LogP contribution in [0.1, 0.15) is 12.8 Å². The summed E-state index contributed by atoms with van der Waals surface area (Å²) in [5.41, 5.74) is 5.24. The van der Waals surface area contributed by atoms with Crippen molar-refractivity contribution in [3.05, 3.63) is 12.4 Å². The predicted molar refractivity (Wildman–Crippen MR) is 67.4 cm³/mol. The highest BCUT2D eigenvalue weighted by molar-refractivity contribution is 7.89. The number of aromatic nitrogens is 2. The van der Waals surface area contributed by atoms with E-state index in [-0.39, 0.29) is 4.90 Å². The van der Waals surface area contributed by atoms with Crippen molar-refractivity contribution in [2.24, 2.45) is 5.73 Å². The van der Waals surface area contributed by atoms with Crippen LogP contribution in [0.25, 0.3) is 0 Å². The summed E-state index contributed by atoms with van der Waals surface area (Å²) in [4.78, 5) is 2.31. The Bertz CT molecular complexity index is 476. The lowest BCUT2D eigenvalue weighted by Crippen LogP contribution is -2.58. The number of sulfonamides is 1. The van der Waals surface area contributed by atoms with Gasteiger partial charge in [0, 0.05) is 18.3 Å². The monoisotopic (exact) mass is 273 g/mol. The average molecular weight is 273 g/mol. The summed E-state index contributed by atoms with van der Waals surface area (Å²) >= 11 is 0. The van der Waals surface area contributed by atoms with Crippen LogP contribution in [-0.4, -0.2) is 55.7 Å². The van der Waals surface area contributed by atoms with Crippen molar-refractivity contribution in [3.63, 3.8) is 0 Å². The number of aromatic amines is 1. The molecule has 0 radical (unpaired) electrons. The van der Waals surface area contributed by atoms with Gasteiger partial charge in [-0.1, -0.05) is 0 Å². The molecule has 0 atom stereocenters. The smallest absolute Gasteiger partial charge is 0.244 e. The van der Waals surface area contributed by atoms with Crippen LogP contribution in [-0.2, 0) is 10.0 Å². The van der Waals surface area contributed by atoms with Gasteiger partial charge < -0.3 is 10.6 Å². The van der Waals surface area contributed by atoms with Gasteiger partial charge in [0.1, 0.15) is 4.90 Å². The molecule has 0 amide bonds. The fourth-order valence-corrected chi connectivity index (χ4v) is 3.50. The zero-order chi connectivity index (χ0) is 13.2. The molecule has 1 fully saturated rings. The Balaban J connectivity index is 2.16. The normalized spacial score (nSPS) is 21.0. The van der Waals surface area contributed by atoms with Gasteiger partial charge in [-0.2, -0.15) is 5.10 Å². The molecule has 102 valence electrons. The number of likely N-dealkylation sites (tertiary alicyclic amines) is 1. The first-order valence-electron chi connectivity index (χ1n) is 5.89. The molecule has 1 aromatic rings. The van der Waals surface area contributed by atoms with Gasteiger partial charge in [-0.15, -0.1) is 0 Å². The van der Waals surface area contributed by atoms with Crippen LogP contribution >= 0.6 is 0 Å². The molecule has 1 aliphatic heterocycles. The number of hydrogen-bond donors (Lipinski definition) is 3. The lowest BCUT2D eigenvalue weighted by Gasteiger charge is -2.40. The third kappa shape index (κ3) is 2.72. The molecule has 1 aliphatic rings. The minimum absolute atomic E-state index is 0.147. The third-order valence-corrected chi connectivity index (χ3v) is 5.01. The van der Waals surface area contributed by atoms with E-state index >= 15 is 0 Å². The Labute approximate surface area is 107 Å². The first-order valence-corrected chi connectivity index (χ1v) is 7.37. The largest absolute Gasteiger partial charge is 0.329 e. The van der Waals surface area contributed by atoms with E-state index in [1.807, 2.05) is 7.05 Å². The second-order valence-corrected chi connectivity index (χ2v) is 6.51. The van der Waals surface area contributed by atoms with Crippen LogP contribution in [0, 0.1) is 0 Å². The molecule has 0 aromatic carbocycles. The van der Waals surface area contributed by atoms with E-state index in [0.29, 0.717) is 6.54 Å². The molecule has 0 aliphatic carbocycles. The second kappa shape index (κ2) is 4.96. The molecule has 1 saturated heterocycles. The molecule has 0 unspecified atom stereocenters. The highest BCUT2D eigenvalue weighted by Crippen LogP contribution is 2.23. The minimum atomic E-state index is -3.55. The Kier molecular flexibility index (Phi) is 3.71. The van der Waals surface area contributed by atoms with Crippen molar-refractivity contribution in [3.8, 4) is 0 Å². The average Bonchev–Trinajstić information content (AvgIpc) is 2.87. The summed E-state index contributed by atoms with van der Waals surface area (Å²) in [7, 11) is -1.53. The molecule has 8 heteroatoms. The minimum Gasteiger partial charge on any atom is -0.329 e. The Morgan fingerprint density at radius 1 is 1.56 bits per heavy atom. The van der Waals surface area contributed by atoms with Crippen molar-refractivity contribution in [1.82, 2.24) is 19.8 Å². The van der Waals surface area contributed by atoms with Gasteiger partial charge in [0.2, 0.25) is 10.0 Å². The van der Waals surface area contributed by atoms with Crippen molar-refractivity contribution >= 4 is 10.0 Å². The highest BCUT2D eigenvalue weighted by Gasteiger charge is 2.36. The Morgan fingerprint density at radius 3 is 2.72 bits per heavy atom. The van der Waals surface area contributed by atoms with Gasteiger partial charge in [-0.25, -0.2) is 13.1 Å². The van der Waals surface area contributed by atoms with E-state index < -0.39 is 15.6 Å². The van der Waals surface area contributed by atoms with Crippen LogP contribution < -0.4 is 10.5 Å². The van der Waals surface area contributed by atoms with Crippen LogP contribution in [0.2, 0.25) is 0 Å². The lowest BCUT2D eigenvalue weighted by atomic mass is 9.89. The summed E-state index contributed by atoms with van der Waals surface area (Å²) in [6.45, 7) is 1.98. The maximum Gasteiger partial charge on any atom is 0.244 e. The van der Waals surface area contributed by atoms with Crippen LogP contribution in [0.3, 0.4) is 0 Å². The van der Waals surface area contributed by atoms with E-state index in [4.69, 9.17) is 5.73 Å². The van der Waals surface area contributed by atoms with Gasteiger partial charge >= 0.3 is 0 Å². The summed E-state index contributed by atoms with van der Waals surface area (Å²) < 4.78 is 27.1. The number of piperidine rings is 1. The number of hydrogen-bond acceptors (Lipinski definition) is 5. The maximum absolute atomic E-state index is 12.2. The fraction of sp³-hybridized carbons (Fsp3) is 0.700. The summed E-state index contributed by atoms with van der Waals surface area (Å²) in [6, 6.07) is 0. The first-order chi connectivity index (χ1) is 8.47. The molecule has 7 nitrogen and oxygen atoms in total. The van der Waals surface area contributed by atoms with Gasteiger partial charge in [0.15, 0.2) is 0 Å².